The van der Waals surface area contributed by atoms with Gasteiger partial charge in [0.05, 0.1) is 12.7 Å². The van der Waals surface area contributed by atoms with Gasteiger partial charge in [0.2, 0.25) is 0 Å². The number of hydrogen-bond donors (Lipinski definition) is 1. The lowest BCUT2D eigenvalue weighted by molar-refractivity contribution is 0.0767. The third-order valence-electron chi connectivity index (χ3n) is 2.99. The quantitative estimate of drug-likeness (QED) is 0.874. The summed E-state index contributed by atoms with van der Waals surface area (Å²) in [6, 6.07) is 5.35. The van der Waals surface area contributed by atoms with Crippen molar-refractivity contribution in [3.63, 3.8) is 0 Å². The molecule has 0 bridgehead atoms. The number of nitrogens with one attached hydrogen (secondary N) is 1. The highest BCUT2D eigenvalue weighted by molar-refractivity contribution is 5.93. The van der Waals surface area contributed by atoms with E-state index in [-0.39, 0.29) is 5.91 Å². The predicted octanol–water partition coefficient (Wildman–Crippen LogP) is 2.16. The highest BCUT2D eigenvalue weighted by Crippen LogP contribution is 2.11. The standard InChI is InChI=1S/C14H18N4O2/c1-3-18(4-2)14(19)13-9-11(5-7-15-13)16-10-12-6-8-17-20-12/h5-9H,3-4,10H2,1-2H3,(H,15,16). The van der Waals surface area contributed by atoms with Gasteiger partial charge in [0.15, 0.2) is 5.76 Å². The van der Waals surface area contributed by atoms with Crippen molar-refractivity contribution in [3.05, 3.63) is 42.0 Å². The van der Waals surface area contributed by atoms with Crippen LogP contribution >= 0.6 is 0 Å². The normalized spacial score (nSPS) is 10.3. The van der Waals surface area contributed by atoms with Crippen LogP contribution in [0.3, 0.4) is 0 Å². The van der Waals surface area contributed by atoms with Crippen LogP contribution < -0.4 is 5.32 Å². The number of pyridine rings is 1. The Morgan fingerprint density at radius 2 is 2.10 bits per heavy atom. The van der Waals surface area contributed by atoms with Crippen LogP contribution in [0.4, 0.5) is 5.69 Å². The van der Waals surface area contributed by atoms with E-state index < -0.39 is 0 Å². The average Bonchev–Trinajstić information content (AvgIpc) is 3.00. The summed E-state index contributed by atoms with van der Waals surface area (Å²) in [6.45, 7) is 5.77. The van der Waals surface area contributed by atoms with Gasteiger partial charge in [0, 0.05) is 31.0 Å². The van der Waals surface area contributed by atoms with Gasteiger partial charge in [0.25, 0.3) is 5.91 Å². The molecule has 20 heavy (non-hydrogen) atoms. The maximum atomic E-state index is 12.2. The van der Waals surface area contributed by atoms with E-state index in [4.69, 9.17) is 4.52 Å². The Morgan fingerprint density at radius 1 is 1.30 bits per heavy atom. The Labute approximate surface area is 117 Å². The van der Waals surface area contributed by atoms with Gasteiger partial charge in [-0.05, 0) is 26.0 Å². The Morgan fingerprint density at radius 3 is 2.75 bits per heavy atom. The molecular formula is C14H18N4O2. The molecule has 0 fully saturated rings. The van der Waals surface area contributed by atoms with Gasteiger partial charge < -0.3 is 14.7 Å². The summed E-state index contributed by atoms with van der Waals surface area (Å²) in [5.41, 5.74) is 1.27. The fraction of sp³-hybridized carbons (Fsp3) is 0.357. The lowest BCUT2D eigenvalue weighted by Crippen LogP contribution is -2.31. The third kappa shape index (κ3) is 3.34. The average molecular weight is 274 g/mol. The van der Waals surface area contributed by atoms with E-state index in [9.17, 15) is 4.79 Å². The number of anilines is 1. The van der Waals surface area contributed by atoms with Crippen molar-refractivity contribution in [2.24, 2.45) is 0 Å². The first kappa shape index (κ1) is 14.0. The van der Waals surface area contributed by atoms with Crippen LogP contribution in [0.25, 0.3) is 0 Å². The van der Waals surface area contributed by atoms with E-state index in [0.717, 1.165) is 11.4 Å². The van der Waals surface area contributed by atoms with Crippen molar-refractivity contribution < 1.29 is 9.32 Å². The molecule has 0 aromatic carbocycles. The summed E-state index contributed by atoms with van der Waals surface area (Å²) >= 11 is 0. The summed E-state index contributed by atoms with van der Waals surface area (Å²) in [5, 5.41) is 6.81. The van der Waals surface area contributed by atoms with Crippen LogP contribution in [-0.4, -0.2) is 34.0 Å². The molecule has 106 valence electrons. The van der Waals surface area contributed by atoms with Crippen molar-refractivity contribution in [1.82, 2.24) is 15.0 Å². The Kier molecular flexibility index (Phi) is 4.70. The number of carbonyl (C=O) groups is 1. The zero-order valence-electron chi connectivity index (χ0n) is 11.7. The van der Waals surface area contributed by atoms with Gasteiger partial charge in [-0.15, -0.1) is 0 Å². The highest BCUT2D eigenvalue weighted by atomic mass is 16.5. The van der Waals surface area contributed by atoms with E-state index in [0.29, 0.717) is 25.3 Å². The van der Waals surface area contributed by atoms with Crippen LogP contribution in [0, 0.1) is 0 Å². The summed E-state index contributed by atoms with van der Waals surface area (Å²) in [6.07, 6.45) is 3.22. The molecule has 2 rings (SSSR count). The third-order valence-corrected chi connectivity index (χ3v) is 2.99. The van der Waals surface area contributed by atoms with E-state index in [1.165, 1.54) is 0 Å². The summed E-state index contributed by atoms with van der Waals surface area (Å²) in [4.78, 5) is 18.1. The second-order valence-corrected chi connectivity index (χ2v) is 4.24. The fourth-order valence-corrected chi connectivity index (χ4v) is 1.85. The molecule has 2 heterocycles. The van der Waals surface area contributed by atoms with E-state index >= 15 is 0 Å². The second kappa shape index (κ2) is 6.70. The first-order valence-corrected chi connectivity index (χ1v) is 6.63. The Balaban J connectivity index is 2.05. The first-order valence-electron chi connectivity index (χ1n) is 6.63. The van der Waals surface area contributed by atoms with Gasteiger partial charge in [-0.3, -0.25) is 9.78 Å². The molecule has 0 unspecified atom stereocenters. The van der Waals surface area contributed by atoms with Crippen molar-refractivity contribution in [1.29, 1.82) is 0 Å². The zero-order valence-corrected chi connectivity index (χ0v) is 11.7. The van der Waals surface area contributed by atoms with Gasteiger partial charge in [-0.25, -0.2) is 0 Å². The minimum atomic E-state index is -0.0571. The minimum Gasteiger partial charge on any atom is -0.378 e. The highest BCUT2D eigenvalue weighted by Gasteiger charge is 2.14. The molecule has 0 atom stereocenters. The fourth-order valence-electron chi connectivity index (χ4n) is 1.85. The van der Waals surface area contributed by atoms with Gasteiger partial charge in [-0.1, -0.05) is 5.16 Å². The summed E-state index contributed by atoms with van der Waals surface area (Å²) in [7, 11) is 0. The number of amides is 1. The molecule has 6 nitrogen and oxygen atoms in total. The number of hydrogen-bond acceptors (Lipinski definition) is 5. The Bertz CT molecular complexity index is 550. The van der Waals surface area contributed by atoms with E-state index in [1.807, 2.05) is 19.9 Å². The number of carbonyl (C=O) groups excluding carboxylic acids is 1. The van der Waals surface area contributed by atoms with Crippen molar-refractivity contribution in [3.8, 4) is 0 Å². The lowest BCUT2D eigenvalue weighted by atomic mass is 10.2. The molecule has 0 aliphatic carbocycles. The topological polar surface area (TPSA) is 71.3 Å². The summed E-state index contributed by atoms with van der Waals surface area (Å²) < 4.78 is 5.00. The molecule has 0 aliphatic heterocycles. The predicted molar refractivity (Wildman–Crippen MR) is 75.3 cm³/mol. The maximum Gasteiger partial charge on any atom is 0.272 e. The number of aromatic nitrogens is 2. The molecule has 2 aromatic heterocycles. The lowest BCUT2D eigenvalue weighted by Gasteiger charge is -2.18. The van der Waals surface area contributed by atoms with Crippen molar-refractivity contribution in [2.45, 2.75) is 20.4 Å². The molecule has 0 aliphatic rings. The van der Waals surface area contributed by atoms with Crippen LogP contribution in [0.15, 0.2) is 35.1 Å². The molecule has 0 saturated carbocycles. The molecule has 2 aromatic rings. The minimum absolute atomic E-state index is 0.0571. The van der Waals surface area contributed by atoms with Crippen LogP contribution in [0.1, 0.15) is 30.1 Å². The molecule has 0 spiro atoms. The molecule has 6 heteroatoms. The van der Waals surface area contributed by atoms with Crippen molar-refractivity contribution >= 4 is 11.6 Å². The molecule has 1 amide bonds. The molecule has 0 saturated heterocycles. The largest absolute Gasteiger partial charge is 0.378 e. The second-order valence-electron chi connectivity index (χ2n) is 4.24. The van der Waals surface area contributed by atoms with Crippen LogP contribution in [-0.2, 0) is 6.54 Å². The number of nitrogens with zero attached hydrogens (tertiary/aromatic N) is 3. The molecule has 1 N–H and O–H groups in total. The van der Waals surface area contributed by atoms with Crippen molar-refractivity contribution in [2.75, 3.05) is 18.4 Å². The Hall–Kier alpha value is -2.37. The molecule has 0 radical (unpaired) electrons. The van der Waals surface area contributed by atoms with Crippen LogP contribution in [0.5, 0.6) is 0 Å². The first-order chi connectivity index (χ1) is 9.74. The summed E-state index contributed by atoms with van der Waals surface area (Å²) in [5.74, 6) is 0.678. The van der Waals surface area contributed by atoms with E-state index in [1.54, 1.807) is 29.4 Å². The van der Waals surface area contributed by atoms with E-state index in [2.05, 4.69) is 15.5 Å². The number of rotatable bonds is 6. The maximum absolute atomic E-state index is 12.2. The van der Waals surface area contributed by atoms with Crippen LogP contribution in [0.2, 0.25) is 0 Å². The molecular weight excluding hydrogens is 256 g/mol. The smallest absolute Gasteiger partial charge is 0.272 e. The van der Waals surface area contributed by atoms with Gasteiger partial charge in [0.1, 0.15) is 5.69 Å². The monoisotopic (exact) mass is 274 g/mol. The van der Waals surface area contributed by atoms with Gasteiger partial charge in [-0.2, -0.15) is 0 Å². The SMILES string of the molecule is CCN(CC)C(=O)c1cc(NCc2ccno2)ccn1. The van der Waals surface area contributed by atoms with Gasteiger partial charge >= 0.3 is 0 Å². The zero-order chi connectivity index (χ0) is 14.4.